The molecular formula is C14H16N4. The van der Waals surface area contributed by atoms with Gasteiger partial charge < -0.3 is 0 Å². The molecule has 0 aliphatic rings. The third-order valence-electron chi connectivity index (χ3n) is 3.01. The molecule has 18 heavy (non-hydrogen) atoms. The molecule has 1 aromatic carbocycles. The van der Waals surface area contributed by atoms with Gasteiger partial charge in [0.1, 0.15) is 6.07 Å². The maximum atomic E-state index is 8.96. The van der Waals surface area contributed by atoms with E-state index >= 15 is 0 Å². The first kappa shape index (κ1) is 12.3. The number of aromatic nitrogens is 3. The van der Waals surface area contributed by atoms with E-state index in [1.54, 1.807) is 4.68 Å². The summed E-state index contributed by atoms with van der Waals surface area (Å²) < 4.78 is 1.74. The van der Waals surface area contributed by atoms with Crippen LogP contribution < -0.4 is 0 Å². The van der Waals surface area contributed by atoms with Gasteiger partial charge in [0.15, 0.2) is 5.69 Å². The summed E-state index contributed by atoms with van der Waals surface area (Å²) in [7, 11) is 0. The number of nitriles is 1. The highest BCUT2D eigenvalue weighted by Crippen LogP contribution is 2.18. The lowest BCUT2D eigenvalue weighted by atomic mass is 10.0. The van der Waals surface area contributed by atoms with Crippen LogP contribution in [0.2, 0.25) is 0 Å². The summed E-state index contributed by atoms with van der Waals surface area (Å²) in [5, 5.41) is 16.9. The molecular weight excluding hydrogens is 224 g/mol. The van der Waals surface area contributed by atoms with Gasteiger partial charge in [-0.15, -0.1) is 5.10 Å². The van der Waals surface area contributed by atoms with Gasteiger partial charge in [-0.2, -0.15) is 5.26 Å². The molecule has 4 heteroatoms. The van der Waals surface area contributed by atoms with Gasteiger partial charge in [0, 0.05) is 0 Å². The summed E-state index contributed by atoms with van der Waals surface area (Å²) in [6, 6.07) is 10.3. The largest absolute Gasteiger partial charge is 0.216 e. The van der Waals surface area contributed by atoms with Crippen molar-refractivity contribution in [2.45, 2.75) is 33.1 Å². The Balaban J connectivity index is 2.43. The van der Waals surface area contributed by atoms with Crippen molar-refractivity contribution in [2.75, 3.05) is 0 Å². The van der Waals surface area contributed by atoms with Crippen LogP contribution in [0.5, 0.6) is 0 Å². The maximum Gasteiger partial charge on any atom is 0.186 e. The van der Waals surface area contributed by atoms with Crippen molar-refractivity contribution in [1.29, 1.82) is 5.26 Å². The normalized spacial score (nSPS) is 10.6. The summed E-state index contributed by atoms with van der Waals surface area (Å²) >= 11 is 0. The van der Waals surface area contributed by atoms with E-state index in [9.17, 15) is 0 Å². The van der Waals surface area contributed by atoms with Gasteiger partial charge in [-0.25, -0.2) is 4.68 Å². The van der Waals surface area contributed by atoms with Crippen molar-refractivity contribution in [1.82, 2.24) is 15.0 Å². The Morgan fingerprint density at radius 2 is 1.94 bits per heavy atom. The minimum atomic E-state index is 0.408. The van der Waals surface area contributed by atoms with Crippen molar-refractivity contribution in [3.8, 4) is 11.8 Å². The van der Waals surface area contributed by atoms with E-state index in [1.165, 1.54) is 5.56 Å². The molecule has 0 bridgehead atoms. The van der Waals surface area contributed by atoms with Crippen molar-refractivity contribution in [3.05, 3.63) is 41.2 Å². The fraction of sp³-hybridized carbons (Fsp3) is 0.357. The predicted octanol–water partition coefficient (Wildman–Crippen LogP) is 2.82. The fourth-order valence-corrected chi connectivity index (χ4v) is 1.91. The second-order valence-electron chi connectivity index (χ2n) is 4.51. The standard InChI is InChI=1S/C14H16N4/c1-4-14-13(9-15)16-17-18(14)12-7-5-11(6-8-12)10(2)3/h5-8,10H,4H2,1-3H3. The molecule has 2 rings (SSSR count). The Labute approximate surface area is 107 Å². The predicted molar refractivity (Wildman–Crippen MR) is 69.5 cm³/mol. The highest BCUT2D eigenvalue weighted by Gasteiger charge is 2.12. The molecule has 1 aromatic heterocycles. The molecule has 0 unspecified atom stereocenters. The Kier molecular flexibility index (Phi) is 3.42. The van der Waals surface area contributed by atoms with Gasteiger partial charge >= 0.3 is 0 Å². The Morgan fingerprint density at radius 3 is 2.44 bits per heavy atom. The van der Waals surface area contributed by atoms with E-state index in [1.807, 2.05) is 19.1 Å². The summed E-state index contributed by atoms with van der Waals surface area (Å²) in [5.74, 6) is 0.509. The van der Waals surface area contributed by atoms with Crippen LogP contribution in [0.4, 0.5) is 0 Å². The Hall–Kier alpha value is -2.15. The maximum absolute atomic E-state index is 8.96. The molecule has 0 N–H and O–H groups in total. The van der Waals surface area contributed by atoms with E-state index < -0.39 is 0 Å². The molecule has 0 saturated carbocycles. The molecule has 0 aliphatic heterocycles. The molecule has 0 radical (unpaired) electrons. The van der Waals surface area contributed by atoms with Crippen LogP contribution in [0.3, 0.4) is 0 Å². The number of hydrogen-bond donors (Lipinski definition) is 0. The van der Waals surface area contributed by atoms with E-state index in [2.05, 4.69) is 42.4 Å². The molecule has 0 atom stereocenters. The van der Waals surface area contributed by atoms with Crippen LogP contribution in [-0.2, 0) is 6.42 Å². The highest BCUT2D eigenvalue weighted by molar-refractivity contribution is 5.38. The van der Waals surface area contributed by atoms with Crippen LogP contribution >= 0.6 is 0 Å². The first-order valence-corrected chi connectivity index (χ1v) is 6.12. The lowest BCUT2D eigenvalue weighted by Gasteiger charge is -2.08. The average molecular weight is 240 g/mol. The smallest absolute Gasteiger partial charge is 0.186 e. The second kappa shape index (κ2) is 5.01. The molecule has 0 spiro atoms. The molecule has 0 aliphatic carbocycles. The fourth-order valence-electron chi connectivity index (χ4n) is 1.91. The molecule has 0 fully saturated rings. The molecule has 92 valence electrons. The molecule has 4 nitrogen and oxygen atoms in total. The molecule has 0 amide bonds. The lowest BCUT2D eigenvalue weighted by Crippen LogP contribution is -2.02. The first-order valence-electron chi connectivity index (χ1n) is 6.12. The topological polar surface area (TPSA) is 54.5 Å². The van der Waals surface area contributed by atoms with Gasteiger partial charge in [-0.1, -0.05) is 38.1 Å². The number of nitrogens with zero attached hydrogens (tertiary/aromatic N) is 4. The molecule has 0 saturated heterocycles. The first-order chi connectivity index (χ1) is 8.67. The van der Waals surface area contributed by atoms with E-state index in [0.29, 0.717) is 11.6 Å². The average Bonchev–Trinajstić information content (AvgIpc) is 2.81. The lowest BCUT2D eigenvalue weighted by molar-refractivity contribution is 0.765. The van der Waals surface area contributed by atoms with Crippen LogP contribution in [0.15, 0.2) is 24.3 Å². The van der Waals surface area contributed by atoms with Crippen LogP contribution in [0, 0.1) is 11.3 Å². The summed E-state index contributed by atoms with van der Waals surface area (Å²) in [4.78, 5) is 0. The van der Waals surface area contributed by atoms with Gasteiger partial charge in [0.25, 0.3) is 0 Å². The van der Waals surface area contributed by atoms with E-state index in [-0.39, 0.29) is 0 Å². The third kappa shape index (κ3) is 2.12. The van der Waals surface area contributed by atoms with Crippen molar-refractivity contribution in [3.63, 3.8) is 0 Å². The van der Waals surface area contributed by atoms with Crippen LogP contribution in [-0.4, -0.2) is 15.0 Å². The molecule has 1 heterocycles. The summed E-state index contributed by atoms with van der Waals surface area (Å²) in [6.45, 7) is 6.32. The SMILES string of the molecule is CCc1c(C#N)nnn1-c1ccc(C(C)C)cc1. The monoisotopic (exact) mass is 240 g/mol. The van der Waals surface area contributed by atoms with Crippen molar-refractivity contribution in [2.24, 2.45) is 0 Å². The zero-order valence-corrected chi connectivity index (χ0v) is 10.9. The summed E-state index contributed by atoms with van der Waals surface area (Å²) in [6.07, 6.45) is 0.738. The van der Waals surface area contributed by atoms with Gasteiger partial charge in [0.2, 0.25) is 0 Å². The number of benzene rings is 1. The number of rotatable bonds is 3. The van der Waals surface area contributed by atoms with Gasteiger partial charge in [-0.05, 0) is 30.0 Å². The minimum absolute atomic E-state index is 0.408. The van der Waals surface area contributed by atoms with Crippen LogP contribution in [0.1, 0.15) is 43.6 Å². The Bertz CT molecular complexity index is 573. The third-order valence-corrected chi connectivity index (χ3v) is 3.01. The van der Waals surface area contributed by atoms with Crippen molar-refractivity contribution < 1.29 is 0 Å². The Morgan fingerprint density at radius 1 is 1.28 bits per heavy atom. The summed E-state index contributed by atoms with van der Waals surface area (Å²) in [5.41, 5.74) is 3.50. The second-order valence-corrected chi connectivity index (χ2v) is 4.51. The van der Waals surface area contributed by atoms with Crippen LogP contribution in [0.25, 0.3) is 5.69 Å². The van der Waals surface area contributed by atoms with E-state index in [0.717, 1.165) is 17.8 Å². The quantitative estimate of drug-likeness (QED) is 0.829. The highest BCUT2D eigenvalue weighted by atomic mass is 15.4. The van der Waals surface area contributed by atoms with E-state index in [4.69, 9.17) is 5.26 Å². The zero-order chi connectivity index (χ0) is 13.1. The van der Waals surface area contributed by atoms with Crippen molar-refractivity contribution >= 4 is 0 Å². The van der Waals surface area contributed by atoms with Gasteiger partial charge in [-0.3, -0.25) is 0 Å². The van der Waals surface area contributed by atoms with Gasteiger partial charge in [0.05, 0.1) is 11.4 Å². The zero-order valence-electron chi connectivity index (χ0n) is 10.9. The number of hydrogen-bond acceptors (Lipinski definition) is 3. The minimum Gasteiger partial charge on any atom is -0.216 e. The molecule has 2 aromatic rings.